The van der Waals surface area contributed by atoms with Crippen LogP contribution in [0, 0.1) is 11.7 Å². The number of carbonyl (C=O) groups is 2. The van der Waals surface area contributed by atoms with Gasteiger partial charge in [-0.05, 0) is 62.4 Å². The molecule has 3 atom stereocenters. The van der Waals surface area contributed by atoms with E-state index in [1.165, 1.54) is 12.1 Å². The molecule has 6 heteroatoms. The predicted octanol–water partition coefficient (Wildman–Crippen LogP) is 2.23. The molecular weight excluding hydrogens is 357 g/mol. The van der Waals surface area contributed by atoms with Crippen LogP contribution >= 0.6 is 0 Å². The summed E-state index contributed by atoms with van der Waals surface area (Å²) in [4.78, 5) is 31.8. The number of likely N-dealkylation sites (tertiary alicyclic amines) is 2. The van der Waals surface area contributed by atoms with Crippen LogP contribution in [0.4, 0.5) is 4.39 Å². The van der Waals surface area contributed by atoms with Crippen molar-refractivity contribution in [2.24, 2.45) is 5.92 Å². The lowest BCUT2D eigenvalue weighted by Crippen LogP contribution is -2.61. The van der Waals surface area contributed by atoms with Gasteiger partial charge in [0.05, 0.1) is 12.6 Å². The van der Waals surface area contributed by atoms with Gasteiger partial charge in [0, 0.05) is 31.5 Å². The number of hydrogen-bond acceptors (Lipinski definition) is 3. The fraction of sp³-hybridized carbons (Fsp3) is 0.636. The van der Waals surface area contributed by atoms with Crippen molar-refractivity contribution in [2.45, 2.75) is 50.1 Å². The van der Waals surface area contributed by atoms with E-state index in [9.17, 15) is 14.0 Å². The van der Waals surface area contributed by atoms with Gasteiger partial charge in [-0.1, -0.05) is 12.1 Å². The third-order valence-corrected chi connectivity index (χ3v) is 7.36. The minimum Gasteiger partial charge on any atom is -0.336 e. The van der Waals surface area contributed by atoms with Gasteiger partial charge in [-0.2, -0.15) is 0 Å². The first-order valence-electron chi connectivity index (χ1n) is 10.7. The number of piperidine rings is 4. The molecule has 1 aromatic rings. The first-order valence-corrected chi connectivity index (χ1v) is 10.7. The molecule has 0 spiro atoms. The van der Waals surface area contributed by atoms with Crippen LogP contribution in [0.1, 0.15) is 43.6 Å². The Morgan fingerprint density at radius 3 is 2.50 bits per heavy atom. The minimum atomic E-state index is -0.222. The topological polar surface area (TPSA) is 43.9 Å². The molecule has 6 rings (SSSR count). The molecule has 0 radical (unpaired) electrons. The van der Waals surface area contributed by atoms with E-state index in [1.54, 1.807) is 4.90 Å². The molecule has 150 valence electrons. The fourth-order valence-corrected chi connectivity index (χ4v) is 5.99. The Morgan fingerprint density at radius 2 is 1.79 bits per heavy atom. The van der Waals surface area contributed by atoms with Crippen LogP contribution in [0.3, 0.4) is 0 Å². The van der Waals surface area contributed by atoms with Gasteiger partial charge in [0.25, 0.3) is 0 Å². The monoisotopic (exact) mass is 385 g/mol. The molecule has 2 amide bonds. The van der Waals surface area contributed by atoms with Gasteiger partial charge in [0.15, 0.2) is 0 Å². The van der Waals surface area contributed by atoms with Crippen LogP contribution in [0.5, 0.6) is 0 Å². The van der Waals surface area contributed by atoms with Crippen LogP contribution in [0.25, 0.3) is 0 Å². The first-order chi connectivity index (χ1) is 13.6. The van der Waals surface area contributed by atoms with E-state index >= 15 is 0 Å². The molecule has 5 saturated heterocycles. The van der Waals surface area contributed by atoms with Crippen LogP contribution in [-0.4, -0.2) is 71.3 Å². The third kappa shape index (κ3) is 3.02. The number of halogens is 1. The Kier molecular flexibility index (Phi) is 4.62. The SMILES string of the molecule is O=C1CCCCN1CC(=O)N1C[C@H](c2ccc(F)cc2)[C@H]2[C@@H]1C1CCN2CC1. The highest BCUT2D eigenvalue weighted by Crippen LogP contribution is 2.46. The number of fused-ring (bicyclic) bond motifs is 2. The average Bonchev–Trinajstić information content (AvgIpc) is 3.14. The molecule has 0 saturated carbocycles. The Balaban J connectivity index is 1.40. The Hall–Kier alpha value is -1.95. The number of amides is 2. The van der Waals surface area contributed by atoms with Crippen molar-refractivity contribution < 1.29 is 14.0 Å². The van der Waals surface area contributed by atoms with Crippen LogP contribution < -0.4 is 0 Å². The summed E-state index contributed by atoms with van der Waals surface area (Å²) < 4.78 is 13.4. The van der Waals surface area contributed by atoms with Gasteiger partial charge in [-0.15, -0.1) is 0 Å². The molecule has 5 heterocycles. The number of hydrogen-bond donors (Lipinski definition) is 0. The van der Waals surface area contributed by atoms with Crippen LogP contribution in [0.2, 0.25) is 0 Å². The lowest BCUT2D eigenvalue weighted by Gasteiger charge is -2.51. The molecular formula is C22H28FN3O2. The van der Waals surface area contributed by atoms with Gasteiger partial charge in [0.2, 0.25) is 11.8 Å². The standard InChI is InChI=1S/C22H28FN3O2/c23-17-6-4-15(5-7-17)18-13-26(20(28)14-25-10-2-1-3-19(25)27)21-16-8-11-24(12-9-16)22(18)21/h4-7,16,18,21-22H,1-3,8-14H2/t18-,21+,22+/m1/s1. The summed E-state index contributed by atoms with van der Waals surface area (Å²) in [6, 6.07) is 7.35. The normalized spacial score (nSPS) is 34.6. The second-order valence-electron chi connectivity index (χ2n) is 8.83. The summed E-state index contributed by atoms with van der Waals surface area (Å²) >= 11 is 0. The Labute approximate surface area is 165 Å². The van der Waals surface area contributed by atoms with Crippen LogP contribution in [-0.2, 0) is 9.59 Å². The molecule has 0 aliphatic carbocycles. The van der Waals surface area contributed by atoms with E-state index in [0.717, 1.165) is 44.3 Å². The molecule has 0 unspecified atom stereocenters. The van der Waals surface area contributed by atoms with Gasteiger partial charge < -0.3 is 9.80 Å². The van der Waals surface area contributed by atoms with Crippen molar-refractivity contribution >= 4 is 11.8 Å². The highest BCUT2D eigenvalue weighted by molar-refractivity contribution is 5.85. The van der Waals surface area contributed by atoms with Crippen molar-refractivity contribution in [2.75, 3.05) is 32.7 Å². The average molecular weight is 385 g/mol. The third-order valence-electron chi connectivity index (χ3n) is 7.36. The maximum Gasteiger partial charge on any atom is 0.242 e. The molecule has 1 aromatic carbocycles. The zero-order chi connectivity index (χ0) is 19.3. The van der Waals surface area contributed by atoms with Gasteiger partial charge in [-0.3, -0.25) is 14.5 Å². The molecule has 5 nitrogen and oxygen atoms in total. The molecule has 0 aromatic heterocycles. The summed E-state index contributed by atoms with van der Waals surface area (Å²) in [5.74, 6) is 0.736. The fourth-order valence-electron chi connectivity index (χ4n) is 5.99. The molecule has 5 fully saturated rings. The lowest BCUT2D eigenvalue weighted by molar-refractivity contribution is -0.144. The number of carbonyl (C=O) groups excluding carboxylic acids is 2. The number of nitrogens with zero attached hydrogens (tertiary/aromatic N) is 3. The van der Waals surface area contributed by atoms with E-state index in [0.29, 0.717) is 31.5 Å². The first kappa shape index (κ1) is 18.1. The van der Waals surface area contributed by atoms with Gasteiger partial charge >= 0.3 is 0 Å². The number of rotatable bonds is 3. The summed E-state index contributed by atoms with van der Waals surface area (Å²) in [5, 5.41) is 0. The maximum atomic E-state index is 13.4. The van der Waals surface area contributed by atoms with Crippen LogP contribution in [0.15, 0.2) is 24.3 Å². The quantitative estimate of drug-likeness (QED) is 0.802. The van der Waals surface area contributed by atoms with Crippen molar-refractivity contribution in [3.05, 3.63) is 35.6 Å². The summed E-state index contributed by atoms with van der Waals surface area (Å²) in [6.45, 7) is 3.77. The second kappa shape index (κ2) is 7.14. The molecule has 28 heavy (non-hydrogen) atoms. The second-order valence-corrected chi connectivity index (χ2v) is 8.83. The Bertz CT molecular complexity index is 760. The predicted molar refractivity (Wildman–Crippen MR) is 103 cm³/mol. The van der Waals surface area contributed by atoms with E-state index in [1.807, 2.05) is 12.1 Å². The van der Waals surface area contributed by atoms with E-state index < -0.39 is 0 Å². The zero-order valence-corrected chi connectivity index (χ0v) is 16.2. The lowest BCUT2D eigenvalue weighted by atomic mass is 9.75. The van der Waals surface area contributed by atoms with Gasteiger partial charge in [-0.25, -0.2) is 4.39 Å². The Morgan fingerprint density at radius 1 is 1.04 bits per heavy atom. The maximum absolute atomic E-state index is 13.4. The zero-order valence-electron chi connectivity index (χ0n) is 16.2. The van der Waals surface area contributed by atoms with E-state index in [-0.39, 0.29) is 36.1 Å². The van der Waals surface area contributed by atoms with E-state index in [2.05, 4.69) is 9.80 Å². The number of benzene rings is 1. The van der Waals surface area contributed by atoms with Crippen molar-refractivity contribution in [1.82, 2.24) is 14.7 Å². The summed E-state index contributed by atoms with van der Waals surface area (Å²) in [7, 11) is 0. The van der Waals surface area contributed by atoms with Gasteiger partial charge in [0.1, 0.15) is 5.82 Å². The molecule has 5 aliphatic heterocycles. The smallest absolute Gasteiger partial charge is 0.242 e. The molecule has 5 aliphatic rings. The van der Waals surface area contributed by atoms with Crippen molar-refractivity contribution in [1.29, 1.82) is 0 Å². The molecule has 0 N–H and O–H groups in total. The summed E-state index contributed by atoms with van der Waals surface area (Å²) in [5.41, 5.74) is 1.12. The largest absolute Gasteiger partial charge is 0.336 e. The minimum absolute atomic E-state index is 0.0867. The summed E-state index contributed by atoms with van der Waals surface area (Å²) in [6.07, 6.45) is 4.77. The van der Waals surface area contributed by atoms with Crippen molar-refractivity contribution in [3.8, 4) is 0 Å². The highest BCUT2D eigenvalue weighted by Gasteiger charge is 2.54. The highest BCUT2D eigenvalue weighted by atomic mass is 19.1. The molecule has 2 bridgehead atoms. The van der Waals surface area contributed by atoms with Crippen molar-refractivity contribution in [3.63, 3.8) is 0 Å². The van der Waals surface area contributed by atoms with E-state index in [4.69, 9.17) is 0 Å².